The molecule has 4 rings (SSSR count). The largest absolute Gasteiger partial charge is 0.507 e. The molecule has 0 bridgehead atoms. The van der Waals surface area contributed by atoms with Gasteiger partial charge in [0.2, 0.25) is 0 Å². The van der Waals surface area contributed by atoms with Gasteiger partial charge in [-0.1, -0.05) is 55.5 Å². The minimum absolute atomic E-state index is 0.144. The second-order valence-electron chi connectivity index (χ2n) is 6.93. The summed E-state index contributed by atoms with van der Waals surface area (Å²) in [6, 6.07) is 20.2. The molecule has 3 nitrogen and oxygen atoms in total. The van der Waals surface area contributed by atoms with E-state index in [0.29, 0.717) is 6.42 Å². The molecule has 1 aromatic heterocycles. The van der Waals surface area contributed by atoms with Crippen molar-refractivity contribution in [3.63, 3.8) is 0 Å². The van der Waals surface area contributed by atoms with E-state index < -0.39 is 0 Å². The number of fused-ring (bicyclic) bond motifs is 2. The minimum Gasteiger partial charge on any atom is -0.507 e. The molecule has 0 saturated heterocycles. The van der Waals surface area contributed by atoms with E-state index in [1.165, 1.54) is 10.9 Å². The summed E-state index contributed by atoms with van der Waals surface area (Å²) in [4.78, 5) is 0. The molecule has 1 unspecified atom stereocenters. The second kappa shape index (κ2) is 6.50. The van der Waals surface area contributed by atoms with Gasteiger partial charge >= 0.3 is 0 Å². The molecule has 1 atom stereocenters. The van der Waals surface area contributed by atoms with Crippen molar-refractivity contribution in [2.24, 2.45) is 7.05 Å². The lowest BCUT2D eigenvalue weighted by molar-refractivity contribution is 0.279. The van der Waals surface area contributed by atoms with Crippen LogP contribution in [-0.2, 0) is 7.05 Å². The van der Waals surface area contributed by atoms with Crippen molar-refractivity contribution in [2.75, 3.05) is 6.61 Å². The summed E-state index contributed by atoms with van der Waals surface area (Å²) in [7, 11) is 2.05. The van der Waals surface area contributed by atoms with Crippen LogP contribution in [0.5, 0.6) is 5.75 Å². The molecular weight excluding hydrogens is 322 g/mol. The van der Waals surface area contributed by atoms with Gasteiger partial charge in [0.25, 0.3) is 0 Å². The van der Waals surface area contributed by atoms with Gasteiger partial charge in [0.05, 0.1) is 5.69 Å². The molecule has 26 heavy (non-hydrogen) atoms. The summed E-state index contributed by atoms with van der Waals surface area (Å²) in [6.07, 6.45) is 0.687. The molecule has 0 aliphatic rings. The van der Waals surface area contributed by atoms with Crippen LogP contribution in [0.3, 0.4) is 0 Å². The lowest BCUT2D eigenvalue weighted by Gasteiger charge is -2.17. The number of hydrogen-bond acceptors (Lipinski definition) is 2. The van der Waals surface area contributed by atoms with Gasteiger partial charge in [-0.25, -0.2) is 0 Å². The van der Waals surface area contributed by atoms with E-state index in [2.05, 4.69) is 35.8 Å². The SMILES string of the molecule is CC(CCO)c1c(-c2c(O)ccc3ccccc23)n(C)c2ccccc12. The normalized spacial score (nSPS) is 12.7. The van der Waals surface area contributed by atoms with Crippen LogP contribution in [0.15, 0.2) is 60.7 Å². The Morgan fingerprint density at radius 2 is 1.62 bits per heavy atom. The van der Waals surface area contributed by atoms with Crippen LogP contribution in [0.1, 0.15) is 24.8 Å². The number of phenols is 1. The fraction of sp³-hybridized carbons (Fsp3) is 0.217. The van der Waals surface area contributed by atoms with E-state index in [1.807, 2.05) is 37.4 Å². The van der Waals surface area contributed by atoms with Crippen molar-refractivity contribution in [2.45, 2.75) is 19.3 Å². The van der Waals surface area contributed by atoms with Crippen LogP contribution in [0, 0.1) is 0 Å². The summed E-state index contributed by atoms with van der Waals surface area (Å²) >= 11 is 0. The van der Waals surface area contributed by atoms with Crippen molar-refractivity contribution in [3.05, 3.63) is 66.2 Å². The molecule has 3 aromatic carbocycles. The molecule has 0 spiro atoms. The standard InChI is InChI=1S/C23H23NO2/c1-15(13-14-25)21-18-9-5-6-10-19(18)24(2)23(21)22-17-8-4-3-7-16(17)11-12-20(22)26/h3-12,15,25-26H,13-14H2,1-2H3. The van der Waals surface area contributed by atoms with E-state index in [-0.39, 0.29) is 18.3 Å². The molecular formula is C23H23NO2. The monoisotopic (exact) mass is 345 g/mol. The first-order valence-electron chi connectivity index (χ1n) is 9.02. The molecule has 0 saturated carbocycles. The fourth-order valence-electron chi connectivity index (χ4n) is 4.07. The number of aromatic hydroxyl groups is 1. The number of aliphatic hydroxyl groups is 1. The molecule has 132 valence electrons. The highest BCUT2D eigenvalue weighted by Crippen LogP contribution is 2.44. The van der Waals surface area contributed by atoms with Gasteiger partial charge in [-0.15, -0.1) is 0 Å². The number of hydrogen-bond donors (Lipinski definition) is 2. The highest BCUT2D eigenvalue weighted by molar-refractivity contribution is 6.03. The summed E-state index contributed by atoms with van der Waals surface area (Å²) in [5.41, 5.74) is 4.21. The molecule has 0 aliphatic carbocycles. The van der Waals surface area contributed by atoms with Crippen LogP contribution in [-0.4, -0.2) is 21.4 Å². The van der Waals surface area contributed by atoms with E-state index in [0.717, 1.165) is 27.5 Å². The number of phenolic OH excluding ortho intramolecular Hbond substituents is 1. The van der Waals surface area contributed by atoms with Gasteiger partial charge in [0, 0.05) is 30.1 Å². The third-order valence-corrected chi connectivity index (χ3v) is 5.34. The Balaban J connectivity index is 2.14. The molecule has 0 aliphatic heterocycles. The van der Waals surface area contributed by atoms with Gasteiger partial charge in [0.15, 0.2) is 0 Å². The number of aromatic nitrogens is 1. The number of benzene rings is 3. The zero-order valence-corrected chi connectivity index (χ0v) is 15.1. The Kier molecular flexibility index (Phi) is 4.17. The molecule has 0 amide bonds. The quantitative estimate of drug-likeness (QED) is 0.534. The first kappa shape index (κ1) is 16.7. The summed E-state index contributed by atoms with van der Waals surface area (Å²) in [5, 5.41) is 23.6. The average molecular weight is 345 g/mol. The lowest BCUT2D eigenvalue weighted by Crippen LogP contribution is -2.01. The number of para-hydroxylation sites is 1. The summed E-state index contributed by atoms with van der Waals surface area (Å²) < 4.78 is 2.17. The Bertz CT molecular complexity index is 1090. The number of nitrogens with zero attached hydrogens (tertiary/aromatic N) is 1. The van der Waals surface area contributed by atoms with Crippen molar-refractivity contribution in [3.8, 4) is 17.0 Å². The van der Waals surface area contributed by atoms with Gasteiger partial charge in [-0.3, -0.25) is 0 Å². The molecule has 1 heterocycles. The van der Waals surface area contributed by atoms with Crippen LogP contribution in [0.2, 0.25) is 0 Å². The first-order valence-corrected chi connectivity index (χ1v) is 9.02. The summed E-state index contributed by atoms with van der Waals surface area (Å²) in [6.45, 7) is 2.29. The van der Waals surface area contributed by atoms with Gasteiger partial charge in [0.1, 0.15) is 5.75 Å². The fourth-order valence-corrected chi connectivity index (χ4v) is 4.07. The zero-order valence-electron chi connectivity index (χ0n) is 15.1. The third-order valence-electron chi connectivity index (χ3n) is 5.34. The molecule has 0 radical (unpaired) electrons. The molecule has 2 N–H and O–H groups in total. The van der Waals surface area contributed by atoms with E-state index >= 15 is 0 Å². The zero-order chi connectivity index (χ0) is 18.3. The van der Waals surface area contributed by atoms with E-state index in [4.69, 9.17) is 0 Å². The lowest BCUT2D eigenvalue weighted by atomic mass is 9.90. The Morgan fingerprint density at radius 3 is 2.38 bits per heavy atom. The van der Waals surface area contributed by atoms with Gasteiger partial charge < -0.3 is 14.8 Å². The van der Waals surface area contributed by atoms with Gasteiger partial charge in [-0.05, 0) is 40.8 Å². The maximum atomic E-state index is 10.8. The van der Waals surface area contributed by atoms with Crippen LogP contribution in [0.25, 0.3) is 32.9 Å². The minimum atomic E-state index is 0.144. The number of aliphatic hydroxyl groups excluding tert-OH is 1. The Hall–Kier alpha value is -2.78. The molecule has 0 fully saturated rings. The van der Waals surface area contributed by atoms with E-state index in [9.17, 15) is 10.2 Å². The Morgan fingerprint density at radius 1 is 0.923 bits per heavy atom. The third kappa shape index (κ3) is 2.47. The van der Waals surface area contributed by atoms with Crippen molar-refractivity contribution < 1.29 is 10.2 Å². The Labute approximate surface area is 153 Å². The van der Waals surface area contributed by atoms with Crippen LogP contribution >= 0.6 is 0 Å². The summed E-state index contributed by atoms with van der Waals surface area (Å²) in [5.74, 6) is 0.464. The van der Waals surface area contributed by atoms with Crippen molar-refractivity contribution in [1.82, 2.24) is 4.57 Å². The first-order chi connectivity index (χ1) is 12.6. The number of aryl methyl sites for hydroxylation is 1. The van der Waals surface area contributed by atoms with Crippen LogP contribution in [0.4, 0.5) is 0 Å². The topological polar surface area (TPSA) is 45.4 Å². The second-order valence-corrected chi connectivity index (χ2v) is 6.93. The average Bonchev–Trinajstić information content (AvgIpc) is 2.95. The highest BCUT2D eigenvalue weighted by atomic mass is 16.3. The van der Waals surface area contributed by atoms with Crippen molar-refractivity contribution in [1.29, 1.82) is 0 Å². The number of rotatable bonds is 4. The maximum absolute atomic E-state index is 10.8. The maximum Gasteiger partial charge on any atom is 0.125 e. The van der Waals surface area contributed by atoms with Crippen molar-refractivity contribution >= 4 is 21.7 Å². The highest BCUT2D eigenvalue weighted by Gasteiger charge is 2.24. The predicted molar refractivity (Wildman–Crippen MR) is 108 cm³/mol. The smallest absolute Gasteiger partial charge is 0.125 e. The van der Waals surface area contributed by atoms with Gasteiger partial charge in [-0.2, -0.15) is 0 Å². The van der Waals surface area contributed by atoms with Crippen LogP contribution < -0.4 is 0 Å². The molecule has 3 heteroatoms. The van der Waals surface area contributed by atoms with E-state index in [1.54, 1.807) is 6.07 Å². The molecule has 4 aromatic rings. The predicted octanol–water partition coefficient (Wildman–Crippen LogP) is 5.19.